The molecule has 24 heavy (non-hydrogen) atoms. The molecule has 5 nitrogen and oxygen atoms in total. The number of hydrogen-bond acceptors (Lipinski definition) is 4. The fourth-order valence-electron chi connectivity index (χ4n) is 2.47. The van der Waals surface area contributed by atoms with Gasteiger partial charge < -0.3 is 15.5 Å². The Kier molecular flexibility index (Phi) is 6.61. The Balaban J connectivity index is 2.07. The molecule has 0 saturated heterocycles. The highest BCUT2D eigenvalue weighted by molar-refractivity contribution is 5.93. The Morgan fingerprint density at radius 1 is 1.04 bits per heavy atom. The van der Waals surface area contributed by atoms with Crippen LogP contribution in [0.4, 0.5) is 17.1 Å². The van der Waals surface area contributed by atoms with Crippen molar-refractivity contribution in [1.29, 1.82) is 0 Å². The van der Waals surface area contributed by atoms with E-state index in [9.17, 15) is 4.79 Å². The molecule has 2 aromatic rings. The van der Waals surface area contributed by atoms with Crippen LogP contribution in [0, 0.1) is 0 Å². The lowest BCUT2D eigenvalue weighted by atomic mass is 10.2. The first kappa shape index (κ1) is 17.8. The number of hydrogen-bond donors (Lipinski definition) is 2. The summed E-state index contributed by atoms with van der Waals surface area (Å²) in [6, 6.07) is 11.9. The molecule has 0 aliphatic carbocycles. The number of rotatable bonds is 8. The molecule has 0 atom stereocenters. The summed E-state index contributed by atoms with van der Waals surface area (Å²) in [5.41, 5.74) is 3.47. The van der Waals surface area contributed by atoms with Crippen molar-refractivity contribution in [3.05, 3.63) is 48.3 Å². The molecule has 0 bridgehead atoms. The number of nitrogens with one attached hydrogen (secondary N) is 2. The molecule has 5 heteroatoms. The summed E-state index contributed by atoms with van der Waals surface area (Å²) in [5, 5.41) is 6.16. The van der Waals surface area contributed by atoms with Gasteiger partial charge in [0.2, 0.25) is 0 Å². The molecule has 0 fully saturated rings. The Morgan fingerprint density at radius 2 is 1.75 bits per heavy atom. The van der Waals surface area contributed by atoms with Crippen LogP contribution in [0.15, 0.2) is 42.6 Å². The number of amides is 1. The van der Waals surface area contributed by atoms with E-state index in [0.29, 0.717) is 12.2 Å². The second kappa shape index (κ2) is 8.91. The number of anilines is 3. The molecule has 2 N–H and O–H groups in total. The largest absolute Gasteiger partial charge is 0.372 e. The summed E-state index contributed by atoms with van der Waals surface area (Å²) >= 11 is 0. The van der Waals surface area contributed by atoms with Crippen molar-refractivity contribution in [2.24, 2.45) is 0 Å². The third kappa shape index (κ3) is 4.72. The van der Waals surface area contributed by atoms with Gasteiger partial charge in [-0.25, -0.2) is 0 Å². The van der Waals surface area contributed by atoms with Gasteiger partial charge >= 0.3 is 0 Å². The number of carbonyl (C=O) groups is 1. The van der Waals surface area contributed by atoms with Crippen LogP contribution >= 0.6 is 0 Å². The number of nitrogens with zero attached hydrogens (tertiary/aromatic N) is 2. The van der Waals surface area contributed by atoms with E-state index in [0.717, 1.165) is 30.9 Å². The molecule has 0 unspecified atom stereocenters. The van der Waals surface area contributed by atoms with E-state index in [1.165, 1.54) is 5.69 Å². The van der Waals surface area contributed by atoms with Crippen molar-refractivity contribution >= 4 is 23.0 Å². The average Bonchev–Trinajstić information content (AvgIpc) is 2.62. The van der Waals surface area contributed by atoms with E-state index in [-0.39, 0.29) is 5.91 Å². The summed E-state index contributed by atoms with van der Waals surface area (Å²) in [4.78, 5) is 18.4. The van der Waals surface area contributed by atoms with Crippen molar-refractivity contribution in [3.8, 4) is 0 Å². The number of aromatic nitrogens is 1. The minimum absolute atomic E-state index is 0.141. The molecule has 0 saturated carbocycles. The maximum Gasteiger partial charge on any atom is 0.269 e. The van der Waals surface area contributed by atoms with Gasteiger partial charge in [-0.05, 0) is 56.7 Å². The number of carbonyl (C=O) groups excluding carboxylic acids is 1. The SMILES string of the molecule is CCCNC(=O)c1cc(Nc2ccc(N(CC)CC)cc2)ccn1. The van der Waals surface area contributed by atoms with Crippen LogP contribution in [0.3, 0.4) is 0 Å². The molecule has 2 rings (SSSR count). The van der Waals surface area contributed by atoms with E-state index in [1.54, 1.807) is 12.3 Å². The molecule has 1 aromatic heterocycles. The minimum Gasteiger partial charge on any atom is -0.372 e. The lowest BCUT2D eigenvalue weighted by molar-refractivity contribution is 0.0949. The maximum atomic E-state index is 12.0. The van der Waals surface area contributed by atoms with Gasteiger partial charge in [-0.3, -0.25) is 9.78 Å². The summed E-state index contributed by atoms with van der Waals surface area (Å²) in [7, 11) is 0. The molecule has 0 radical (unpaired) electrons. The van der Waals surface area contributed by atoms with Crippen LogP contribution in [-0.4, -0.2) is 30.5 Å². The normalized spacial score (nSPS) is 10.3. The Morgan fingerprint density at radius 3 is 2.38 bits per heavy atom. The maximum absolute atomic E-state index is 12.0. The fraction of sp³-hybridized carbons (Fsp3) is 0.368. The molecule has 128 valence electrons. The fourth-order valence-corrected chi connectivity index (χ4v) is 2.47. The van der Waals surface area contributed by atoms with Crippen LogP contribution in [0.5, 0.6) is 0 Å². The summed E-state index contributed by atoms with van der Waals surface area (Å²) < 4.78 is 0. The van der Waals surface area contributed by atoms with Gasteiger partial charge in [0.1, 0.15) is 5.69 Å². The lowest BCUT2D eigenvalue weighted by Crippen LogP contribution is -2.24. The Labute approximate surface area is 144 Å². The van der Waals surface area contributed by atoms with Crippen LogP contribution in [-0.2, 0) is 0 Å². The molecule has 0 aliphatic rings. The molecule has 0 aliphatic heterocycles. The van der Waals surface area contributed by atoms with Gasteiger partial charge in [0.05, 0.1) is 0 Å². The van der Waals surface area contributed by atoms with Crippen molar-refractivity contribution in [1.82, 2.24) is 10.3 Å². The quantitative estimate of drug-likeness (QED) is 0.774. The summed E-state index contributed by atoms with van der Waals surface area (Å²) in [6.07, 6.45) is 2.55. The zero-order chi connectivity index (χ0) is 17.4. The van der Waals surface area contributed by atoms with Crippen molar-refractivity contribution in [2.75, 3.05) is 29.9 Å². The Bertz CT molecular complexity index is 651. The smallest absolute Gasteiger partial charge is 0.269 e. The van der Waals surface area contributed by atoms with E-state index in [4.69, 9.17) is 0 Å². The van der Waals surface area contributed by atoms with Gasteiger partial charge in [0, 0.05) is 42.9 Å². The van der Waals surface area contributed by atoms with Gasteiger partial charge in [0.25, 0.3) is 5.91 Å². The molecule has 0 spiro atoms. The first-order valence-electron chi connectivity index (χ1n) is 8.54. The molecule has 1 aromatic carbocycles. The predicted molar refractivity (Wildman–Crippen MR) is 100 cm³/mol. The topological polar surface area (TPSA) is 57.3 Å². The molecular weight excluding hydrogens is 300 g/mol. The first-order valence-corrected chi connectivity index (χ1v) is 8.54. The van der Waals surface area contributed by atoms with Gasteiger partial charge in [-0.15, -0.1) is 0 Å². The van der Waals surface area contributed by atoms with Crippen molar-refractivity contribution in [3.63, 3.8) is 0 Å². The monoisotopic (exact) mass is 326 g/mol. The zero-order valence-electron chi connectivity index (χ0n) is 14.7. The highest BCUT2D eigenvalue weighted by atomic mass is 16.1. The third-order valence-corrected chi connectivity index (χ3v) is 3.81. The third-order valence-electron chi connectivity index (χ3n) is 3.81. The van der Waals surface area contributed by atoms with Crippen LogP contribution in [0.25, 0.3) is 0 Å². The predicted octanol–water partition coefficient (Wildman–Crippen LogP) is 3.81. The van der Waals surface area contributed by atoms with Gasteiger partial charge in [-0.1, -0.05) is 6.92 Å². The van der Waals surface area contributed by atoms with E-state index < -0.39 is 0 Å². The number of benzene rings is 1. The van der Waals surface area contributed by atoms with E-state index in [1.807, 2.05) is 25.1 Å². The van der Waals surface area contributed by atoms with E-state index in [2.05, 4.69) is 46.5 Å². The van der Waals surface area contributed by atoms with Crippen LogP contribution in [0.1, 0.15) is 37.7 Å². The standard InChI is InChI=1S/C19H26N4O/c1-4-12-21-19(24)18-14-16(11-13-20-18)22-15-7-9-17(10-8-15)23(5-2)6-3/h7-11,13-14H,4-6,12H2,1-3H3,(H,20,22)(H,21,24). The van der Waals surface area contributed by atoms with Crippen molar-refractivity contribution < 1.29 is 4.79 Å². The lowest BCUT2D eigenvalue weighted by Gasteiger charge is -2.21. The second-order valence-electron chi connectivity index (χ2n) is 5.53. The number of pyridine rings is 1. The van der Waals surface area contributed by atoms with Gasteiger partial charge in [-0.2, -0.15) is 0 Å². The Hall–Kier alpha value is -2.56. The van der Waals surface area contributed by atoms with E-state index >= 15 is 0 Å². The average molecular weight is 326 g/mol. The second-order valence-corrected chi connectivity index (χ2v) is 5.53. The zero-order valence-corrected chi connectivity index (χ0v) is 14.7. The van der Waals surface area contributed by atoms with Crippen LogP contribution in [0.2, 0.25) is 0 Å². The highest BCUT2D eigenvalue weighted by Gasteiger charge is 2.07. The van der Waals surface area contributed by atoms with Gasteiger partial charge in [0.15, 0.2) is 0 Å². The molecule has 1 amide bonds. The molecular formula is C19H26N4O. The van der Waals surface area contributed by atoms with Crippen LogP contribution < -0.4 is 15.5 Å². The van der Waals surface area contributed by atoms with Crippen molar-refractivity contribution in [2.45, 2.75) is 27.2 Å². The summed E-state index contributed by atoms with van der Waals surface area (Å²) in [5.74, 6) is -0.141. The minimum atomic E-state index is -0.141. The molecule has 1 heterocycles. The first-order chi connectivity index (χ1) is 11.7. The summed E-state index contributed by atoms with van der Waals surface area (Å²) in [6.45, 7) is 8.96. The highest BCUT2D eigenvalue weighted by Crippen LogP contribution is 2.21.